The maximum atomic E-state index is 12.8. The Kier molecular flexibility index (Phi) is 6.64. The van der Waals surface area contributed by atoms with Crippen molar-refractivity contribution >= 4 is 23.2 Å². The van der Waals surface area contributed by atoms with E-state index < -0.39 is 6.36 Å². The Bertz CT molecular complexity index is 1040. The van der Waals surface area contributed by atoms with E-state index in [0.717, 1.165) is 5.57 Å². The van der Waals surface area contributed by atoms with Crippen LogP contribution in [-0.2, 0) is 9.59 Å². The van der Waals surface area contributed by atoms with Gasteiger partial charge in [-0.05, 0) is 41.8 Å². The molecule has 1 saturated heterocycles. The molecule has 0 radical (unpaired) electrons. The lowest BCUT2D eigenvalue weighted by atomic mass is 9.99. The predicted octanol–water partition coefficient (Wildman–Crippen LogP) is 2.94. The molecule has 10 heteroatoms. The molecule has 1 fully saturated rings. The number of hydrogen-bond acceptors (Lipinski definition) is 5. The van der Waals surface area contributed by atoms with Crippen molar-refractivity contribution < 1.29 is 27.5 Å². The minimum atomic E-state index is -4.74. The summed E-state index contributed by atoms with van der Waals surface area (Å²) in [7, 11) is 0. The van der Waals surface area contributed by atoms with Crippen LogP contribution in [0, 0.1) is 0 Å². The van der Waals surface area contributed by atoms with Crippen LogP contribution in [0.1, 0.15) is 12.0 Å². The summed E-state index contributed by atoms with van der Waals surface area (Å²) in [6.07, 6.45) is -0.741. The molecule has 0 spiro atoms. The van der Waals surface area contributed by atoms with Gasteiger partial charge in [-0.3, -0.25) is 19.4 Å². The molecule has 4 rings (SSSR count). The molecule has 7 nitrogen and oxygen atoms in total. The van der Waals surface area contributed by atoms with Crippen LogP contribution >= 0.6 is 0 Å². The first-order valence-electron chi connectivity index (χ1n) is 10.6. The van der Waals surface area contributed by atoms with Crippen molar-refractivity contribution in [3.8, 4) is 5.75 Å². The molecular weight excluding hydrogens is 437 g/mol. The molecule has 1 aromatic heterocycles. The second-order valence-electron chi connectivity index (χ2n) is 7.84. The van der Waals surface area contributed by atoms with Gasteiger partial charge in [0.05, 0.1) is 13.1 Å². The second-order valence-corrected chi connectivity index (χ2v) is 7.84. The quantitative estimate of drug-likeness (QED) is 0.687. The number of piperazine rings is 1. The van der Waals surface area contributed by atoms with Crippen molar-refractivity contribution in [1.82, 2.24) is 14.8 Å². The molecule has 0 unspecified atom stereocenters. The molecule has 33 heavy (non-hydrogen) atoms. The van der Waals surface area contributed by atoms with Gasteiger partial charge >= 0.3 is 6.36 Å². The molecule has 0 atom stereocenters. The van der Waals surface area contributed by atoms with Crippen molar-refractivity contribution in [2.45, 2.75) is 12.8 Å². The van der Waals surface area contributed by atoms with E-state index in [0.29, 0.717) is 44.0 Å². The van der Waals surface area contributed by atoms with Crippen molar-refractivity contribution in [1.29, 1.82) is 0 Å². The molecule has 0 aliphatic carbocycles. The first-order chi connectivity index (χ1) is 15.8. The molecule has 0 saturated carbocycles. The Morgan fingerprint density at radius 1 is 1.09 bits per heavy atom. The molecule has 2 aromatic rings. The third kappa shape index (κ3) is 5.89. The summed E-state index contributed by atoms with van der Waals surface area (Å²) in [6.45, 7) is 2.12. The lowest BCUT2D eigenvalue weighted by Crippen LogP contribution is -2.53. The summed E-state index contributed by atoms with van der Waals surface area (Å²) in [5.41, 5.74) is 1.51. The fraction of sp³-hybridized carbons (Fsp3) is 0.348. The second kappa shape index (κ2) is 9.62. The Morgan fingerprint density at radius 3 is 2.61 bits per heavy atom. The highest BCUT2D eigenvalue weighted by Gasteiger charge is 2.31. The third-order valence-electron chi connectivity index (χ3n) is 5.58. The van der Waals surface area contributed by atoms with Gasteiger partial charge in [-0.15, -0.1) is 13.2 Å². The molecule has 2 aliphatic rings. The first kappa shape index (κ1) is 22.8. The zero-order valence-corrected chi connectivity index (χ0v) is 17.8. The van der Waals surface area contributed by atoms with E-state index in [2.05, 4.69) is 9.72 Å². The molecule has 174 valence electrons. The highest BCUT2D eigenvalue weighted by atomic mass is 19.4. The van der Waals surface area contributed by atoms with Gasteiger partial charge in [-0.25, -0.2) is 4.98 Å². The van der Waals surface area contributed by atoms with E-state index >= 15 is 0 Å². The number of benzene rings is 1. The number of halogens is 3. The summed E-state index contributed by atoms with van der Waals surface area (Å²) >= 11 is 0. The van der Waals surface area contributed by atoms with Crippen molar-refractivity contribution in [3.05, 3.63) is 60.3 Å². The monoisotopic (exact) mass is 460 g/mol. The number of hydrogen-bond donors (Lipinski definition) is 0. The van der Waals surface area contributed by atoms with E-state index in [1.165, 1.54) is 18.2 Å². The zero-order valence-electron chi connectivity index (χ0n) is 17.8. The standard InChI is InChI=1S/C23H23F3N4O3/c24-23(25,26)33-19-5-3-4-18(14-19)17-7-10-29(11-8-17)21(31)15-28-12-13-30(22(32)16-28)20-6-1-2-9-27-20/h1-7,9,14H,8,10-13,15-16H2. The van der Waals surface area contributed by atoms with Gasteiger partial charge in [-0.2, -0.15) is 0 Å². The van der Waals surface area contributed by atoms with Crippen molar-refractivity contribution in [2.75, 3.05) is 44.2 Å². The van der Waals surface area contributed by atoms with Crippen LogP contribution in [0.3, 0.4) is 0 Å². The number of nitrogens with zero attached hydrogens (tertiary/aromatic N) is 4. The molecule has 3 heterocycles. The minimum Gasteiger partial charge on any atom is -0.406 e. The molecule has 2 aliphatic heterocycles. The van der Waals surface area contributed by atoms with Gasteiger partial charge in [0.15, 0.2) is 0 Å². The van der Waals surface area contributed by atoms with E-state index in [1.54, 1.807) is 34.2 Å². The van der Waals surface area contributed by atoms with Crippen LogP contribution in [0.15, 0.2) is 54.7 Å². The topological polar surface area (TPSA) is 66.0 Å². The largest absolute Gasteiger partial charge is 0.573 e. The molecule has 0 N–H and O–H groups in total. The number of alkyl halides is 3. The summed E-state index contributed by atoms with van der Waals surface area (Å²) in [5, 5.41) is 0. The van der Waals surface area contributed by atoms with E-state index in [9.17, 15) is 22.8 Å². The average molecular weight is 460 g/mol. The highest BCUT2D eigenvalue weighted by molar-refractivity contribution is 5.95. The maximum Gasteiger partial charge on any atom is 0.573 e. The van der Waals surface area contributed by atoms with Gasteiger partial charge in [0.2, 0.25) is 11.8 Å². The number of ether oxygens (including phenoxy) is 1. The number of carbonyl (C=O) groups is 2. The van der Waals surface area contributed by atoms with Gasteiger partial charge in [0.25, 0.3) is 0 Å². The molecule has 2 amide bonds. The van der Waals surface area contributed by atoms with Crippen LogP contribution < -0.4 is 9.64 Å². The Labute approximate surface area is 189 Å². The van der Waals surface area contributed by atoms with E-state index in [1.807, 2.05) is 17.0 Å². The summed E-state index contributed by atoms with van der Waals surface area (Å²) in [6, 6.07) is 11.2. The molecular formula is C23H23F3N4O3. The number of aromatic nitrogens is 1. The normalized spacial score (nSPS) is 17.7. The SMILES string of the molecule is O=C(CN1CCN(c2ccccn2)C(=O)C1)N1CC=C(c2cccc(OC(F)(F)F)c2)CC1. The van der Waals surface area contributed by atoms with Gasteiger partial charge in [0, 0.05) is 32.4 Å². The lowest BCUT2D eigenvalue weighted by molar-refractivity contribution is -0.274. The smallest absolute Gasteiger partial charge is 0.406 e. The van der Waals surface area contributed by atoms with Crippen LogP contribution in [-0.4, -0.2) is 72.2 Å². The van der Waals surface area contributed by atoms with Gasteiger partial charge in [0.1, 0.15) is 11.6 Å². The fourth-order valence-corrected chi connectivity index (χ4v) is 3.95. The van der Waals surface area contributed by atoms with Crippen LogP contribution in [0.2, 0.25) is 0 Å². The molecule has 0 bridgehead atoms. The van der Waals surface area contributed by atoms with Gasteiger partial charge < -0.3 is 9.64 Å². The average Bonchev–Trinajstić information content (AvgIpc) is 2.79. The summed E-state index contributed by atoms with van der Waals surface area (Å²) < 4.78 is 41.4. The predicted molar refractivity (Wildman–Crippen MR) is 115 cm³/mol. The van der Waals surface area contributed by atoms with E-state index in [-0.39, 0.29) is 30.7 Å². The third-order valence-corrected chi connectivity index (χ3v) is 5.58. The van der Waals surface area contributed by atoms with Crippen LogP contribution in [0.25, 0.3) is 5.57 Å². The summed E-state index contributed by atoms with van der Waals surface area (Å²) in [4.78, 5) is 34.6. The lowest BCUT2D eigenvalue weighted by Gasteiger charge is -2.35. The highest BCUT2D eigenvalue weighted by Crippen LogP contribution is 2.28. The van der Waals surface area contributed by atoms with E-state index in [4.69, 9.17) is 0 Å². The Morgan fingerprint density at radius 2 is 1.94 bits per heavy atom. The number of pyridine rings is 1. The summed E-state index contributed by atoms with van der Waals surface area (Å²) in [5.74, 6) is 0.147. The molecule has 1 aromatic carbocycles. The number of rotatable bonds is 5. The van der Waals surface area contributed by atoms with Crippen LogP contribution in [0.5, 0.6) is 5.75 Å². The number of anilines is 1. The van der Waals surface area contributed by atoms with Crippen LogP contribution in [0.4, 0.5) is 19.0 Å². The number of carbonyl (C=O) groups excluding carboxylic acids is 2. The van der Waals surface area contributed by atoms with Crippen molar-refractivity contribution in [3.63, 3.8) is 0 Å². The minimum absolute atomic E-state index is 0.0847. The maximum absolute atomic E-state index is 12.8. The Balaban J connectivity index is 1.31. The fourth-order valence-electron chi connectivity index (χ4n) is 3.95. The first-order valence-corrected chi connectivity index (χ1v) is 10.6. The Hall–Kier alpha value is -3.40. The number of amides is 2. The van der Waals surface area contributed by atoms with Gasteiger partial charge in [-0.1, -0.05) is 24.3 Å². The zero-order chi connectivity index (χ0) is 23.4. The van der Waals surface area contributed by atoms with Crippen molar-refractivity contribution in [2.24, 2.45) is 0 Å².